The lowest BCUT2D eigenvalue weighted by molar-refractivity contribution is 0.327. The molecule has 0 saturated carbocycles. The van der Waals surface area contributed by atoms with Gasteiger partial charge in [-0.05, 0) is 53.5 Å². The molecule has 0 amide bonds. The fraction of sp³-hybridized carbons (Fsp3) is 0.500. The first kappa shape index (κ1) is 18.8. The Morgan fingerprint density at radius 3 is 2.62 bits per heavy atom. The number of piperidine rings is 1. The molecule has 2 unspecified atom stereocenters. The third kappa shape index (κ3) is 4.35. The van der Waals surface area contributed by atoms with Crippen LogP contribution in [-0.4, -0.2) is 27.5 Å². The largest absolute Gasteiger partial charge is 0.316 e. The van der Waals surface area contributed by atoms with Crippen molar-refractivity contribution in [1.82, 2.24) is 10.0 Å². The molecule has 1 saturated heterocycles. The van der Waals surface area contributed by atoms with Crippen LogP contribution in [0.1, 0.15) is 13.3 Å². The van der Waals surface area contributed by atoms with Gasteiger partial charge < -0.3 is 5.32 Å². The standard InChI is InChI=1S/C12H15BrF2N2O2S.ClH/c1-7-6-16-3-2-11(7)17-20(18,19)12-5-9(14)8(13)4-10(12)15;/h4-5,7,11,16-17H,2-3,6H2,1H3;1H. The number of hydrogen-bond donors (Lipinski definition) is 2. The van der Waals surface area contributed by atoms with Crippen molar-refractivity contribution in [2.45, 2.75) is 24.3 Å². The third-order valence-corrected chi connectivity index (χ3v) is 5.47. The van der Waals surface area contributed by atoms with E-state index >= 15 is 0 Å². The normalized spacial score (nSPS) is 22.7. The molecule has 1 heterocycles. The van der Waals surface area contributed by atoms with Crippen LogP contribution < -0.4 is 10.0 Å². The topological polar surface area (TPSA) is 58.2 Å². The van der Waals surface area contributed by atoms with Crippen molar-refractivity contribution in [3.05, 3.63) is 28.2 Å². The fourth-order valence-electron chi connectivity index (χ4n) is 2.16. The summed E-state index contributed by atoms with van der Waals surface area (Å²) in [5.41, 5.74) is 0. The van der Waals surface area contributed by atoms with Crippen molar-refractivity contribution in [1.29, 1.82) is 0 Å². The Balaban J connectivity index is 0.00000220. The zero-order valence-corrected chi connectivity index (χ0v) is 14.4. The van der Waals surface area contributed by atoms with Gasteiger partial charge in [-0.25, -0.2) is 21.9 Å². The lowest BCUT2D eigenvalue weighted by Crippen LogP contribution is -2.48. The van der Waals surface area contributed by atoms with Gasteiger partial charge in [-0.2, -0.15) is 0 Å². The minimum absolute atomic E-state index is 0. The smallest absolute Gasteiger partial charge is 0.243 e. The van der Waals surface area contributed by atoms with E-state index in [1.807, 2.05) is 6.92 Å². The summed E-state index contributed by atoms with van der Waals surface area (Å²) in [7, 11) is -4.08. The summed E-state index contributed by atoms with van der Waals surface area (Å²) in [4.78, 5) is -0.663. The van der Waals surface area contributed by atoms with Crippen LogP contribution >= 0.6 is 28.3 Å². The lowest BCUT2D eigenvalue weighted by Gasteiger charge is -2.30. The number of nitrogens with one attached hydrogen (secondary N) is 2. The molecule has 1 aliphatic rings. The van der Waals surface area contributed by atoms with Gasteiger partial charge in [-0.1, -0.05) is 6.92 Å². The highest BCUT2D eigenvalue weighted by atomic mass is 79.9. The number of sulfonamides is 1. The molecule has 2 atom stereocenters. The molecule has 0 aromatic heterocycles. The molecule has 0 radical (unpaired) electrons. The Labute approximate surface area is 137 Å². The van der Waals surface area contributed by atoms with Gasteiger partial charge >= 0.3 is 0 Å². The van der Waals surface area contributed by atoms with Crippen molar-refractivity contribution in [3.8, 4) is 0 Å². The first-order valence-corrected chi connectivity index (χ1v) is 8.46. The van der Waals surface area contributed by atoms with Crippen molar-refractivity contribution in [2.24, 2.45) is 5.92 Å². The highest BCUT2D eigenvalue weighted by molar-refractivity contribution is 9.10. The van der Waals surface area contributed by atoms with Gasteiger partial charge in [-0.3, -0.25) is 0 Å². The molecule has 0 spiro atoms. The first-order chi connectivity index (χ1) is 9.31. The molecule has 1 aliphatic heterocycles. The van der Waals surface area contributed by atoms with Crippen molar-refractivity contribution >= 4 is 38.4 Å². The van der Waals surface area contributed by atoms with E-state index in [2.05, 4.69) is 26.0 Å². The Bertz CT molecular complexity index is 616. The fourth-order valence-corrected chi connectivity index (χ4v) is 3.93. The highest BCUT2D eigenvalue weighted by Gasteiger charge is 2.29. The van der Waals surface area contributed by atoms with E-state index in [-0.39, 0.29) is 28.8 Å². The monoisotopic (exact) mass is 404 g/mol. The summed E-state index contributed by atoms with van der Waals surface area (Å²) in [6, 6.07) is 1.22. The van der Waals surface area contributed by atoms with Gasteiger partial charge in [0.15, 0.2) is 0 Å². The maximum atomic E-state index is 13.7. The summed E-state index contributed by atoms with van der Waals surface area (Å²) >= 11 is 2.82. The molecule has 1 fully saturated rings. The minimum atomic E-state index is -4.08. The van der Waals surface area contributed by atoms with Crippen LogP contribution in [0.5, 0.6) is 0 Å². The Hall–Kier alpha value is -0.280. The molecule has 120 valence electrons. The minimum Gasteiger partial charge on any atom is -0.316 e. The third-order valence-electron chi connectivity index (χ3n) is 3.36. The predicted molar refractivity (Wildman–Crippen MR) is 82.1 cm³/mol. The van der Waals surface area contributed by atoms with Crippen LogP contribution in [-0.2, 0) is 10.0 Å². The molecule has 0 bridgehead atoms. The molecule has 1 aromatic carbocycles. The van der Waals surface area contributed by atoms with Crippen LogP contribution in [0.3, 0.4) is 0 Å². The second-order valence-corrected chi connectivity index (χ2v) is 7.43. The molecular weight excluding hydrogens is 390 g/mol. The van der Waals surface area contributed by atoms with Gasteiger partial charge in [-0.15, -0.1) is 12.4 Å². The zero-order chi connectivity index (χ0) is 14.9. The van der Waals surface area contributed by atoms with Gasteiger partial charge in [0.25, 0.3) is 0 Å². The van der Waals surface area contributed by atoms with Gasteiger partial charge in [0, 0.05) is 6.04 Å². The Morgan fingerprint density at radius 1 is 1.33 bits per heavy atom. The SMILES string of the molecule is CC1CNCCC1NS(=O)(=O)c1cc(F)c(Br)cc1F.Cl. The van der Waals surface area contributed by atoms with E-state index in [0.29, 0.717) is 25.6 Å². The van der Waals surface area contributed by atoms with Gasteiger partial charge in [0.05, 0.1) is 4.47 Å². The average Bonchev–Trinajstić information content (AvgIpc) is 2.36. The summed E-state index contributed by atoms with van der Waals surface area (Å²) in [6.45, 7) is 3.27. The summed E-state index contributed by atoms with van der Waals surface area (Å²) in [5, 5.41) is 3.14. The van der Waals surface area contributed by atoms with Crippen LogP contribution in [0.25, 0.3) is 0 Å². The molecule has 1 aromatic rings. The lowest BCUT2D eigenvalue weighted by atomic mass is 9.97. The van der Waals surface area contributed by atoms with Crippen LogP contribution in [0, 0.1) is 17.6 Å². The van der Waals surface area contributed by atoms with E-state index in [9.17, 15) is 17.2 Å². The van der Waals surface area contributed by atoms with E-state index in [0.717, 1.165) is 6.07 Å². The zero-order valence-electron chi connectivity index (χ0n) is 11.2. The molecule has 9 heteroatoms. The van der Waals surface area contributed by atoms with E-state index < -0.39 is 26.6 Å². The summed E-state index contributed by atoms with van der Waals surface area (Å²) in [6.07, 6.45) is 0.612. The predicted octanol–water partition coefficient (Wildman–Crippen LogP) is 2.43. The van der Waals surface area contributed by atoms with Crippen molar-refractivity contribution in [2.75, 3.05) is 13.1 Å². The summed E-state index contributed by atoms with van der Waals surface area (Å²) in [5.74, 6) is -1.71. The molecule has 2 rings (SSSR count). The van der Waals surface area contributed by atoms with Crippen LogP contribution in [0.15, 0.2) is 21.5 Å². The number of benzene rings is 1. The molecule has 0 aliphatic carbocycles. The average molecular weight is 406 g/mol. The summed E-state index contributed by atoms with van der Waals surface area (Å²) < 4.78 is 53.9. The molecule has 21 heavy (non-hydrogen) atoms. The maximum absolute atomic E-state index is 13.7. The number of hydrogen-bond acceptors (Lipinski definition) is 3. The van der Waals surface area contributed by atoms with Crippen molar-refractivity contribution in [3.63, 3.8) is 0 Å². The number of halogens is 4. The van der Waals surface area contributed by atoms with Crippen LogP contribution in [0.4, 0.5) is 8.78 Å². The van der Waals surface area contributed by atoms with Crippen molar-refractivity contribution < 1.29 is 17.2 Å². The highest BCUT2D eigenvalue weighted by Crippen LogP contribution is 2.24. The van der Waals surface area contributed by atoms with E-state index in [4.69, 9.17) is 0 Å². The van der Waals surface area contributed by atoms with Gasteiger partial charge in [0.1, 0.15) is 16.5 Å². The van der Waals surface area contributed by atoms with E-state index in [1.54, 1.807) is 0 Å². The maximum Gasteiger partial charge on any atom is 0.243 e. The quantitative estimate of drug-likeness (QED) is 0.760. The van der Waals surface area contributed by atoms with Crippen LogP contribution in [0.2, 0.25) is 0 Å². The second-order valence-electron chi connectivity index (χ2n) is 4.89. The van der Waals surface area contributed by atoms with Gasteiger partial charge in [0.2, 0.25) is 10.0 Å². The van der Waals surface area contributed by atoms with E-state index in [1.165, 1.54) is 0 Å². The molecule has 2 N–H and O–H groups in total. The first-order valence-electron chi connectivity index (χ1n) is 6.19. The Kier molecular flexibility index (Phi) is 6.54. The Morgan fingerprint density at radius 2 is 2.00 bits per heavy atom. The number of rotatable bonds is 3. The second kappa shape index (κ2) is 7.32. The molecule has 4 nitrogen and oxygen atoms in total. The molecular formula is C12H16BrClF2N2O2S.